The number of piperidine rings is 1. The molecule has 1 aliphatic rings. The van der Waals surface area contributed by atoms with Crippen molar-refractivity contribution in [3.8, 4) is 10.4 Å². The molecule has 3 aromatic rings. The minimum absolute atomic E-state index is 0.0326. The largest absolute Gasteiger partial charge is 0.369 e. The van der Waals surface area contributed by atoms with Crippen LogP contribution < -0.4 is 11.3 Å². The van der Waals surface area contributed by atoms with Gasteiger partial charge in [-0.05, 0) is 30.9 Å². The van der Waals surface area contributed by atoms with Crippen molar-refractivity contribution < 1.29 is 9.59 Å². The van der Waals surface area contributed by atoms with Crippen molar-refractivity contribution in [2.24, 2.45) is 11.7 Å². The first-order valence-corrected chi connectivity index (χ1v) is 12.6. The fourth-order valence-electron chi connectivity index (χ4n) is 4.09. The molecule has 4 rings (SSSR count). The Morgan fingerprint density at radius 1 is 1.27 bits per heavy atom. The summed E-state index contributed by atoms with van der Waals surface area (Å²) in [6.07, 6.45) is 2.84. The van der Waals surface area contributed by atoms with Gasteiger partial charge >= 0.3 is 0 Å². The molecule has 1 aromatic carbocycles. The molecule has 2 aromatic heterocycles. The smallest absolute Gasteiger partial charge is 0.263 e. The van der Waals surface area contributed by atoms with Gasteiger partial charge in [0.05, 0.1) is 11.1 Å². The van der Waals surface area contributed by atoms with E-state index in [1.54, 1.807) is 15.5 Å². The maximum atomic E-state index is 13.4. The molecular formula is C24H26N4O3S2. The van der Waals surface area contributed by atoms with E-state index in [-0.39, 0.29) is 29.0 Å². The Morgan fingerprint density at radius 2 is 1.97 bits per heavy atom. The number of nitrogens with two attached hydrogens (primary N) is 1. The predicted molar refractivity (Wildman–Crippen MR) is 133 cm³/mol. The fraction of sp³-hybridized carbons (Fsp3) is 0.333. The highest BCUT2D eigenvalue weighted by Crippen LogP contribution is 2.36. The number of carbonyl (C=O) groups is 2. The molecule has 33 heavy (non-hydrogen) atoms. The summed E-state index contributed by atoms with van der Waals surface area (Å²) in [4.78, 5) is 45.7. The van der Waals surface area contributed by atoms with E-state index in [4.69, 9.17) is 10.7 Å². The SMILES string of the molecule is C=CCn1c(SCC(=O)N2CCC(C(N)=O)CC2)nc2sc(-c3ccccc3)c(C)c2c1=O. The van der Waals surface area contributed by atoms with E-state index in [0.717, 1.165) is 16.0 Å². The number of thiophene rings is 1. The summed E-state index contributed by atoms with van der Waals surface area (Å²) in [6, 6.07) is 9.96. The third kappa shape index (κ3) is 4.74. The van der Waals surface area contributed by atoms with Gasteiger partial charge in [0, 0.05) is 30.4 Å². The number of amides is 2. The number of benzene rings is 1. The number of fused-ring (bicyclic) bond motifs is 1. The average molecular weight is 483 g/mol. The zero-order chi connectivity index (χ0) is 23.5. The van der Waals surface area contributed by atoms with Gasteiger partial charge in [0.1, 0.15) is 4.83 Å². The fourth-order valence-corrected chi connectivity index (χ4v) is 6.23. The highest BCUT2D eigenvalue weighted by Gasteiger charge is 2.26. The first-order chi connectivity index (χ1) is 15.9. The van der Waals surface area contributed by atoms with E-state index in [9.17, 15) is 14.4 Å². The number of nitrogens with zero attached hydrogens (tertiary/aromatic N) is 3. The van der Waals surface area contributed by atoms with E-state index in [1.165, 1.54) is 23.1 Å². The molecule has 3 heterocycles. The summed E-state index contributed by atoms with van der Waals surface area (Å²) in [5.74, 6) is -0.325. The third-order valence-corrected chi connectivity index (χ3v) is 8.13. The molecule has 0 unspecified atom stereocenters. The minimum atomic E-state index is -0.302. The van der Waals surface area contributed by atoms with Crippen molar-refractivity contribution >= 4 is 45.1 Å². The van der Waals surface area contributed by atoms with Crippen molar-refractivity contribution in [3.05, 3.63) is 58.9 Å². The monoisotopic (exact) mass is 482 g/mol. The summed E-state index contributed by atoms with van der Waals surface area (Å²) in [5.41, 5.74) is 7.24. The zero-order valence-electron chi connectivity index (χ0n) is 18.5. The van der Waals surface area contributed by atoms with Gasteiger partial charge in [-0.25, -0.2) is 4.98 Å². The average Bonchev–Trinajstić information content (AvgIpc) is 3.16. The van der Waals surface area contributed by atoms with E-state index < -0.39 is 0 Å². The summed E-state index contributed by atoms with van der Waals surface area (Å²) in [7, 11) is 0. The summed E-state index contributed by atoms with van der Waals surface area (Å²) >= 11 is 2.76. The third-order valence-electron chi connectivity index (χ3n) is 5.94. The van der Waals surface area contributed by atoms with Crippen molar-refractivity contribution in [2.45, 2.75) is 31.5 Å². The minimum Gasteiger partial charge on any atom is -0.369 e. The van der Waals surface area contributed by atoms with Crippen molar-refractivity contribution in [1.82, 2.24) is 14.5 Å². The maximum Gasteiger partial charge on any atom is 0.263 e. The van der Waals surface area contributed by atoms with E-state index in [0.29, 0.717) is 47.8 Å². The van der Waals surface area contributed by atoms with Gasteiger partial charge in [-0.15, -0.1) is 17.9 Å². The Balaban J connectivity index is 1.60. The van der Waals surface area contributed by atoms with Crippen LogP contribution in [0.3, 0.4) is 0 Å². The quantitative estimate of drug-likeness (QED) is 0.316. The Labute approximate surface area is 200 Å². The Bertz CT molecular complexity index is 1260. The number of aryl methyl sites for hydroxylation is 1. The van der Waals surface area contributed by atoms with Crippen LogP contribution in [0.5, 0.6) is 0 Å². The van der Waals surface area contributed by atoms with Crippen LogP contribution >= 0.6 is 23.1 Å². The van der Waals surface area contributed by atoms with E-state index in [1.807, 2.05) is 37.3 Å². The zero-order valence-corrected chi connectivity index (χ0v) is 20.1. The number of rotatable bonds is 7. The van der Waals surface area contributed by atoms with Crippen LogP contribution in [0.25, 0.3) is 20.7 Å². The molecule has 0 radical (unpaired) electrons. The normalized spacial score (nSPS) is 14.5. The molecule has 9 heteroatoms. The lowest BCUT2D eigenvalue weighted by Gasteiger charge is -2.30. The molecular weight excluding hydrogens is 456 g/mol. The molecule has 1 saturated heterocycles. The first kappa shape index (κ1) is 23.3. The van der Waals surface area contributed by atoms with Crippen LogP contribution in [0.1, 0.15) is 18.4 Å². The second kappa shape index (κ2) is 9.93. The standard InChI is InChI=1S/C24H26N4O3S2/c1-3-11-28-23(31)19-15(2)20(16-7-5-4-6-8-16)33-22(19)26-24(28)32-14-18(29)27-12-9-17(10-13-27)21(25)30/h3-8,17H,1,9-14H2,2H3,(H2,25,30). The molecule has 1 fully saturated rings. The number of thioether (sulfide) groups is 1. The van der Waals surface area contributed by atoms with Gasteiger partial charge < -0.3 is 10.6 Å². The molecule has 0 saturated carbocycles. The van der Waals surface area contributed by atoms with Crippen LogP contribution in [0.15, 0.2) is 52.9 Å². The molecule has 1 aliphatic heterocycles. The molecule has 7 nitrogen and oxygen atoms in total. The van der Waals surface area contributed by atoms with Gasteiger partial charge in [-0.1, -0.05) is 48.2 Å². The molecule has 0 bridgehead atoms. The lowest BCUT2D eigenvalue weighted by molar-refractivity contribution is -0.132. The van der Waals surface area contributed by atoms with Gasteiger partial charge in [-0.3, -0.25) is 19.0 Å². The number of likely N-dealkylation sites (tertiary alicyclic amines) is 1. The first-order valence-electron chi connectivity index (χ1n) is 10.8. The Kier molecular flexibility index (Phi) is 6.99. The molecule has 0 aliphatic carbocycles. The van der Waals surface area contributed by atoms with Gasteiger partial charge in [-0.2, -0.15) is 0 Å². The highest BCUT2D eigenvalue weighted by molar-refractivity contribution is 7.99. The van der Waals surface area contributed by atoms with E-state index >= 15 is 0 Å². The maximum absolute atomic E-state index is 13.4. The van der Waals surface area contributed by atoms with Gasteiger partial charge in [0.2, 0.25) is 11.8 Å². The second-order valence-corrected chi connectivity index (χ2v) is 9.99. The number of allylic oxidation sites excluding steroid dienone is 1. The van der Waals surface area contributed by atoms with Crippen LogP contribution in [0.2, 0.25) is 0 Å². The van der Waals surface area contributed by atoms with Crippen LogP contribution in [-0.2, 0) is 16.1 Å². The Hall–Kier alpha value is -2.91. The number of aromatic nitrogens is 2. The van der Waals surface area contributed by atoms with Crippen molar-refractivity contribution in [3.63, 3.8) is 0 Å². The Morgan fingerprint density at radius 3 is 2.61 bits per heavy atom. The summed E-state index contributed by atoms with van der Waals surface area (Å²) in [6.45, 7) is 7.08. The van der Waals surface area contributed by atoms with E-state index in [2.05, 4.69) is 6.58 Å². The topological polar surface area (TPSA) is 98.3 Å². The van der Waals surface area contributed by atoms with Crippen LogP contribution in [0.4, 0.5) is 0 Å². The molecule has 0 atom stereocenters. The molecule has 2 amide bonds. The molecule has 2 N–H and O–H groups in total. The van der Waals surface area contributed by atoms with Crippen molar-refractivity contribution in [1.29, 1.82) is 0 Å². The van der Waals surface area contributed by atoms with Crippen LogP contribution in [-0.4, -0.2) is 45.1 Å². The lowest BCUT2D eigenvalue weighted by Crippen LogP contribution is -2.42. The number of primary amides is 1. The second-order valence-electron chi connectivity index (χ2n) is 8.05. The van der Waals surface area contributed by atoms with Crippen molar-refractivity contribution in [2.75, 3.05) is 18.8 Å². The van der Waals surface area contributed by atoms with Gasteiger partial charge in [0.25, 0.3) is 5.56 Å². The van der Waals surface area contributed by atoms with Crippen LogP contribution in [0, 0.1) is 12.8 Å². The number of hydrogen-bond donors (Lipinski definition) is 1. The summed E-state index contributed by atoms with van der Waals surface area (Å²) in [5, 5.41) is 1.12. The molecule has 0 spiro atoms. The number of carbonyl (C=O) groups excluding carboxylic acids is 2. The highest BCUT2D eigenvalue weighted by atomic mass is 32.2. The summed E-state index contributed by atoms with van der Waals surface area (Å²) < 4.78 is 1.58. The molecule has 172 valence electrons. The number of hydrogen-bond acceptors (Lipinski definition) is 6. The lowest BCUT2D eigenvalue weighted by atomic mass is 9.96. The van der Waals surface area contributed by atoms with Gasteiger partial charge in [0.15, 0.2) is 5.16 Å². The predicted octanol–water partition coefficient (Wildman–Crippen LogP) is 3.44.